The summed E-state index contributed by atoms with van der Waals surface area (Å²) in [4.78, 5) is 13.8. The minimum Gasteiger partial charge on any atom is -0.405 e. The first-order chi connectivity index (χ1) is 12.9. The highest BCUT2D eigenvalue weighted by atomic mass is 32.2. The molecule has 0 aromatic heterocycles. The summed E-state index contributed by atoms with van der Waals surface area (Å²) in [5, 5.41) is 3.43. The summed E-state index contributed by atoms with van der Waals surface area (Å²) < 4.78 is 42.9. The van der Waals surface area contributed by atoms with E-state index in [-0.39, 0.29) is 17.5 Å². The van der Waals surface area contributed by atoms with Gasteiger partial charge in [0, 0.05) is 40.0 Å². The molecule has 3 aliphatic rings. The van der Waals surface area contributed by atoms with Gasteiger partial charge in [0.15, 0.2) is 5.78 Å². The van der Waals surface area contributed by atoms with E-state index in [9.17, 15) is 18.0 Å². The summed E-state index contributed by atoms with van der Waals surface area (Å²) >= 11 is 1.68. The summed E-state index contributed by atoms with van der Waals surface area (Å²) in [7, 11) is 0. The summed E-state index contributed by atoms with van der Waals surface area (Å²) in [5.41, 5.74) is 3.96. The van der Waals surface area contributed by atoms with Gasteiger partial charge in [0.05, 0.1) is 0 Å². The Kier molecular flexibility index (Phi) is 4.74. The van der Waals surface area contributed by atoms with Crippen molar-refractivity contribution in [1.82, 2.24) is 5.32 Å². The largest absolute Gasteiger partial charge is 0.573 e. The third-order valence-electron chi connectivity index (χ3n) is 5.25. The predicted octanol–water partition coefficient (Wildman–Crippen LogP) is 5.19. The van der Waals surface area contributed by atoms with E-state index in [0.29, 0.717) is 24.0 Å². The number of benzene rings is 1. The molecule has 1 aromatic rings. The van der Waals surface area contributed by atoms with Crippen LogP contribution in [0.15, 0.2) is 40.1 Å². The maximum absolute atomic E-state index is 12.9. The fraction of sp³-hybridized carbons (Fsp3) is 0.450. The number of alkyl halides is 3. The van der Waals surface area contributed by atoms with Crippen LogP contribution in [-0.4, -0.2) is 17.9 Å². The molecule has 0 radical (unpaired) electrons. The predicted molar refractivity (Wildman–Crippen MR) is 98.4 cm³/mol. The number of dihydropyridines is 1. The van der Waals surface area contributed by atoms with E-state index in [2.05, 4.69) is 10.1 Å². The van der Waals surface area contributed by atoms with E-state index < -0.39 is 6.36 Å². The van der Waals surface area contributed by atoms with E-state index in [1.807, 2.05) is 6.07 Å². The number of hydrogen-bond acceptors (Lipinski definition) is 4. The SMILES string of the molecule is CCc1ccc(C2C3=C(CCS3)NC3=C2C(=O)CCC3)cc1OC(F)(F)F. The van der Waals surface area contributed by atoms with Crippen molar-refractivity contribution in [2.75, 3.05) is 5.75 Å². The van der Waals surface area contributed by atoms with Crippen molar-refractivity contribution in [1.29, 1.82) is 0 Å². The molecule has 1 atom stereocenters. The Hall–Kier alpha value is -1.89. The molecule has 144 valence electrons. The van der Waals surface area contributed by atoms with Crippen molar-refractivity contribution in [2.45, 2.75) is 51.3 Å². The number of ketones is 1. The van der Waals surface area contributed by atoms with Gasteiger partial charge in [-0.15, -0.1) is 24.9 Å². The smallest absolute Gasteiger partial charge is 0.405 e. The van der Waals surface area contributed by atoms with E-state index in [1.54, 1.807) is 24.8 Å². The highest BCUT2D eigenvalue weighted by molar-refractivity contribution is 8.03. The van der Waals surface area contributed by atoms with Crippen LogP contribution in [0.5, 0.6) is 5.75 Å². The molecule has 1 N–H and O–H groups in total. The van der Waals surface area contributed by atoms with E-state index >= 15 is 0 Å². The fourth-order valence-corrected chi connectivity index (χ4v) is 5.35. The molecule has 0 bridgehead atoms. The van der Waals surface area contributed by atoms with Crippen molar-refractivity contribution in [3.8, 4) is 5.75 Å². The topological polar surface area (TPSA) is 38.3 Å². The zero-order chi connectivity index (χ0) is 19.2. The molecule has 1 aliphatic carbocycles. The third kappa shape index (κ3) is 3.49. The number of allylic oxidation sites excluding steroid dienone is 4. The first-order valence-corrected chi connectivity index (χ1v) is 10.1. The summed E-state index contributed by atoms with van der Waals surface area (Å²) in [6, 6.07) is 5.00. The second-order valence-corrected chi connectivity index (χ2v) is 8.07. The fourth-order valence-electron chi connectivity index (χ4n) is 4.08. The number of carbonyl (C=O) groups excluding carboxylic acids is 1. The Morgan fingerprint density at radius 1 is 1.22 bits per heavy atom. The van der Waals surface area contributed by atoms with Crippen molar-refractivity contribution >= 4 is 17.5 Å². The van der Waals surface area contributed by atoms with Crippen LogP contribution in [0.2, 0.25) is 0 Å². The Morgan fingerprint density at radius 2 is 2.04 bits per heavy atom. The van der Waals surface area contributed by atoms with Gasteiger partial charge >= 0.3 is 6.36 Å². The number of ether oxygens (including phenoxy) is 1. The molecule has 2 aliphatic heterocycles. The summed E-state index contributed by atoms with van der Waals surface area (Å²) in [5.74, 6) is 0.544. The van der Waals surface area contributed by atoms with Gasteiger partial charge in [-0.1, -0.05) is 19.1 Å². The molecule has 0 fully saturated rings. The number of halogens is 3. The van der Waals surface area contributed by atoms with Gasteiger partial charge in [0.1, 0.15) is 5.75 Å². The second kappa shape index (κ2) is 6.93. The van der Waals surface area contributed by atoms with Crippen LogP contribution in [0, 0.1) is 0 Å². The van der Waals surface area contributed by atoms with Crippen molar-refractivity contribution < 1.29 is 22.7 Å². The van der Waals surface area contributed by atoms with Crippen molar-refractivity contribution in [3.63, 3.8) is 0 Å². The van der Waals surface area contributed by atoms with Crippen LogP contribution in [-0.2, 0) is 11.2 Å². The zero-order valence-electron chi connectivity index (χ0n) is 14.9. The third-order valence-corrected chi connectivity index (χ3v) is 6.45. The molecule has 0 saturated carbocycles. The standard InChI is InChI=1S/C20H20F3NO2S/c1-2-11-6-7-12(10-16(11)26-20(21,22)23)17-18-13(4-3-5-15(18)25)24-14-8-9-27-19(14)17/h6-7,10,17,24H,2-5,8-9H2,1H3. The molecule has 3 nitrogen and oxygen atoms in total. The highest BCUT2D eigenvalue weighted by Crippen LogP contribution is 2.50. The van der Waals surface area contributed by atoms with Crippen LogP contribution < -0.4 is 10.1 Å². The molecular weight excluding hydrogens is 375 g/mol. The number of Topliss-reactive ketones (excluding diaryl/α,β-unsaturated/α-hetero) is 1. The Morgan fingerprint density at radius 3 is 2.78 bits per heavy atom. The molecule has 7 heteroatoms. The van der Waals surface area contributed by atoms with Gasteiger partial charge in [0.2, 0.25) is 0 Å². The van der Waals surface area contributed by atoms with Crippen LogP contribution in [0.25, 0.3) is 0 Å². The number of rotatable bonds is 3. The summed E-state index contributed by atoms with van der Waals surface area (Å²) in [6.07, 6.45) is -1.31. The number of hydrogen-bond donors (Lipinski definition) is 1. The number of carbonyl (C=O) groups is 1. The maximum Gasteiger partial charge on any atom is 0.573 e. The molecule has 0 amide bonds. The first kappa shape index (κ1) is 18.5. The average Bonchev–Trinajstić information content (AvgIpc) is 3.07. The van der Waals surface area contributed by atoms with Gasteiger partial charge < -0.3 is 10.1 Å². The first-order valence-electron chi connectivity index (χ1n) is 9.15. The monoisotopic (exact) mass is 395 g/mol. The normalized spacial score (nSPS) is 22.5. The number of nitrogens with one attached hydrogen (secondary N) is 1. The lowest BCUT2D eigenvalue weighted by atomic mass is 9.79. The number of aryl methyl sites for hydroxylation is 1. The Bertz CT molecular complexity index is 857. The Balaban J connectivity index is 1.82. The minimum atomic E-state index is -4.74. The van der Waals surface area contributed by atoms with E-state index in [0.717, 1.165) is 46.9 Å². The van der Waals surface area contributed by atoms with Gasteiger partial charge in [0.25, 0.3) is 0 Å². The molecule has 0 saturated heterocycles. The van der Waals surface area contributed by atoms with Crippen LogP contribution >= 0.6 is 11.8 Å². The molecule has 2 heterocycles. The van der Waals surface area contributed by atoms with Gasteiger partial charge in [-0.25, -0.2) is 0 Å². The van der Waals surface area contributed by atoms with Crippen LogP contribution in [0.4, 0.5) is 13.2 Å². The summed E-state index contributed by atoms with van der Waals surface area (Å²) in [6.45, 7) is 1.79. The van der Waals surface area contributed by atoms with Gasteiger partial charge in [-0.3, -0.25) is 4.79 Å². The zero-order valence-corrected chi connectivity index (χ0v) is 15.7. The molecule has 1 unspecified atom stereocenters. The molecule has 1 aromatic carbocycles. The highest BCUT2D eigenvalue weighted by Gasteiger charge is 2.39. The Labute approximate surface area is 160 Å². The maximum atomic E-state index is 12.9. The second-order valence-electron chi connectivity index (χ2n) is 6.94. The molecule has 27 heavy (non-hydrogen) atoms. The molecule has 0 spiro atoms. The van der Waals surface area contributed by atoms with E-state index in [4.69, 9.17) is 0 Å². The van der Waals surface area contributed by atoms with Crippen molar-refractivity contribution in [3.05, 3.63) is 51.2 Å². The quantitative estimate of drug-likeness (QED) is 0.764. The van der Waals surface area contributed by atoms with Crippen LogP contribution in [0.3, 0.4) is 0 Å². The van der Waals surface area contributed by atoms with Crippen LogP contribution in [0.1, 0.15) is 49.7 Å². The lowest BCUT2D eigenvalue weighted by molar-refractivity contribution is -0.274. The number of thioether (sulfide) groups is 1. The van der Waals surface area contributed by atoms with Gasteiger partial charge in [-0.05, 0) is 42.9 Å². The van der Waals surface area contributed by atoms with Gasteiger partial charge in [-0.2, -0.15) is 0 Å². The molecule has 4 rings (SSSR count). The van der Waals surface area contributed by atoms with E-state index in [1.165, 1.54) is 6.07 Å². The lowest BCUT2D eigenvalue weighted by Gasteiger charge is -2.33. The van der Waals surface area contributed by atoms with Crippen molar-refractivity contribution in [2.24, 2.45) is 0 Å². The lowest BCUT2D eigenvalue weighted by Crippen LogP contribution is -2.30. The molecular formula is C20H20F3NO2S. The minimum absolute atomic E-state index is 0.0886. The average molecular weight is 395 g/mol.